The van der Waals surface area contributed by atoms with E-state index >= 15 is 0 Å². The van der Waals surface area contributed by atoms with E-state index in [1.807, 2.05) is 0 Å². The fourth-order valence-electron chi connectivity index (χ4n) is 0.0667. The van der Waals surface area contributed by atoms with Crippen molar-refractivity contribution in [3.8, 4) is 0 Å². The third-order valence-corrected chi connectivity index (χ3v) is 1.12. The molecule has 0 aromatic carbocycles. The molecule has 2 nitrogen and oxygen atoms in total. The van der Waals surface area contributed by atoms with Crippen molar-refractivity contribution in [2.75, 3.05) is 5.75 Å². The van der Waals surface area contributed by atoms with Crippen molar-refractivity contribution >= 4 is 22.5 Å². The van der Waals surface area contributed by atoms with Gasteiger partial charge in [-0.25, -0.2) is 0 Å². The molecule has 0 spiro atoms. The molecule has 0 radical (unpaired) electrons. The second kappa shape index (κ2) is 12.3. The van der Waals surface area contributed by atoms with Gasteiger partial charge in [0.15, 0.2) is 6.29 Å². The van der Waals surface area contributed by atoms with Crippen molar-refractivity contribution in [2.45, 2.75) is 6.29 Å². The molecule has 0 heterocycles. The van der Waals surface area contributed by atoms with Gasteiger partial charge in [0.2, 0.25) is 0 Å². The first-order chi connectivity index (χ1) is 2.77. The maximum Gasteiger partial charge on any atom is 1.00 e. The van der Waals surface area contributed by atoms with E-state index in [9.17, 15) is 0 Å². The Balaban J connectivity index is -0.0000000208. The zero-order chi connectivity index (χ0) is 4.99. The molecule has 0 atom stereocenters. The van der Waals surface area contributed by atoms with Crippen LogP contribution in [-0.4, -0.2) is 22.3 Å². The van der Waals surface area contributed by atoms with Gasteiger partial charge >= 0.3 is 59.1 Å². The Hall–Kier alpha value is 2.62. The molecule has 0 rings (SSSR count). The van der Waals surface area contributed by atoms with E-state index in [2.05, 4.69) is 11.7 Å². The Kier molecular flexibility index (Phi) is 26.0. The summed E-state index contributed by atoms with van der Waals surface area (Å²) in [6, 6.07) is 0. The van der Waals surface area contributed by atoms with Crippen molar-refractivity contribution in [3.05, 3.63) is 0 Å². The second-order valence-electron chi connectivity index (χ2n) is 0.776. The Morgan fingerprint density at radius 3 is 1.88 bits per heavy atom. The summed E-state index contributed by atoms with van der Waals surface area (Å²) >= 11 is 3.66. The van der Waals surface area contributed by atoms with Crippen LogP contribution in [0.25, 0.3) is 0 Å². The van der Waals surface area contributed by atoms with Crippen LogP contribution in [0, 0.1) is 0 Å². The fourth-order valence-corrected chi connectivity index (χ4v) is 0.600. The van der Waals surface area contributed by atoms with E-state index in [0.717, 1.165) is 10.8 Å². The molecule has 0 aliphatic heterocycles. The summed E-state index contributed by atoms with van der Waals surface area (Å²) in [6.07, 6.45) is -1.22. The van der Waals surface area contributed by atoms with Gasteiger partial charge in [-0.3, -0.25) is 0 Å². The van der Waals surface area contributed by atoms with Gasteiger partial charge < -0.3 is 13.1 Å². The molecule has 0 aromatic heterocycles. The van der Waals surface area contributed by atoms with E-state index in [-0.39, 0.29) is 67.7 Å². The van der Waals surface area contributed by atoms with Gasteiger partial charge in [-0.15, -0.1) is 11.7 Å². The van der Waals surface area contributed by atoms with Crippen molar-refractivity contribution in [1.82, 2.24) is 0 Å². The zero-order valence-electron chi connectivity index (χ0n) is 7.03. The Labute approximate surface area is 105 Å². The Morgan fingerprint density at radius 2 is 1.88 bits per heavy atom. The van der Waals surface area contributed by atoms with Crippen LogP contribution in [0.5, 0.6) is 0 Å². The summed E-state index contributed by atoms with van der Waals surface area (Å²) in [4.78, 5) is 0. The minimum atomic E-state index is -1.22. The molecule has 6 heteroatoms. The van der Waals surface area contributed by atoms with Gasteiger partial charge in [0.1, 0.15) is 0 Å². The van der Waals surface area contributed by atoms with Crippen LogP contribution >= 0.6 is 22.5 Å². The molecular weight excluding hydrogens is 166 g/mol. The quantitative estimate of drug-likeness (QED) is 0.169. The third kappa shape index (κ3) is 15.8. The van der Waals surface area contributed by atoms with Gasteiger partial charge in [-0.05, 0) is 0 Å². The van der Waals surface area contributed by atoms with Crippen molar-refractivity contribution in [1.29, 1.82) is 0 Å². The molecule has 8 heavy (non-hydrogen) atoms. The second-order valence-corrected chi connectivity index (χ2v) is 2.14. The van der Waals surface area contributed by atoms with E-state index in [4.69, 9.17) is 10.2 Å². The molecule has 0 aliphatic rings. The first kappa shape index (κ1) is 16.9. The molecule has 0 bridgehead atoms. The smallest absolute Gasteiger partial charge is 1.00 e. The number of aliphatic hydroxyl groups is 2. The summed E-state index contributed by atoms with van der Waals surface area (Å²) in [5.74, 6) is 0.267. The van der Waals surface area contributed by atoms with Crippen LogP contribution in [0.1, 0.15) is 2.85 Å². The summed E-state index contributed by atoms with van der Waals surface area (Å²) in [5.41, 5.74) is 0. The normalized spacial score (nSPS) is 7.50. The molecule has 0 fully saturated rings. The summed E-state index contributed by atoms with van der Waals surface area (Å²) < 4.78 is 0. The van der Waals surface area contributed by atoms with E-state index in [1.54, 1.807) is 0 Å². The third-order valence-electron chi connectivity index (χ3n) is 0.224. The standard InChI is InChI=1S/C2H6O2S2.2Na.2H/c3-2(4)1-6-5;;;;/h2-5H,1H2;;;;/q;2*+1;2*-1. The monoisotopic (exact) mass is 174 g/mol. The van der Waals surface area contributed by atoms with Gasteiger partial charge in [0.05, 0.1) is 5.75 Å². The van der Waals surface area contributed by atoms with Crippen LogP contribution in [0.4, 0.5) is 0 Å². The largest absolute Gasteiger partial charge is 1.00 e. The molecule has 2 N–H and O–H groups in total. The number of hydrogen-bond acceptors (Lipinski definition) is 4. The Morgan fingerprint density at radius 1 is 1.50 bits per heavy atom. The van der Waals surface area contributed by atoms with Gasteiger partial charge in [-0.1, -0.05) is 10.8 Å². The van der Waals surface area contributed by atoms with E-state index < -0.39 is 6.29 Å². The minimum Gasteiger partial charge on any atom is -1.00 e. The minimum absolute atomic E-state index is 0. The van der Waals surface area contributed by atoms with Crippen molar-refractivity contribution in [3.63, 3.8) is 0 Å². The maximum atomic E-state index is 8.04. The summed E-state index contributed by atoms with van der Waals surface area (Å²) in [7, 11) is 1.10. The fraction of sp³-hybridized carbons (Fsp3) is 1.00. The maximum absolute atomic E-state index is 8.04. The molecule has 0 unspecified atom stereocenters. The summed E-state index contributed by atoms with van der Waals surface area (Å²) in [6.45, 7) is 0. The van der Waals surface area contributed by atoms with Gasteiger partial charge in [-0.2, -0.15) is 0 Å². The number of aliphatic hydroxyl groups excluding tert-OH is 1. The molecule has 0 saturated heterocycles. The van der Waals surface area contributed by atoms with Gasteiger partial charge in [0.25, 0.3) is 0 Å². The van der Waals surface area contributed by atoms with Crippen LogP contribution in [0.2, 0.25) is 0 Å². The van der Waals surface area contributed by atoms with Crippen LogP contribution in [0.15, 0.2) is 0 Å². The predicted molar refractivity (Wildman–Crippen MR) is 31.9 cm³/mol. The number of rotatable bonds is 2. The number of hydrogen-bond donors (Lipinski definition) is 3. The SMILES string of the molecule is OC(O)CSS.[H-].[H-].[Na+].[Na+]. The first-order valence-corrected chi connectivity index (χ1v) is 3.43. The zero-order valence-corrected chi connectivity index (χ0v) is 10.7. The Bertz CT molecular complexity index is 44.4. The molecular formula is C2H8Na2O2S2. The molecule has 0 aliphatic carbocycles. The van der Waals surface area contributed by atoms with Crippen LogP contribution < -0.4 is 59.1 Å². The van der Waals surface area contributed by atoms with Crippen LogP contribution in [-0.2, 0) is 0 Å². The predicted octanol–water partition coefficient (Wildman–Crippen LogP) is -5.89. The average Bonchev–Trinajstić information content (AvgIpc) is 1.35. The van der Waals surface area contributed by atoms with E-state index in [1.165, 1.54) is 0 Å². The average molecular weight is 174 g/mol. The van der Waals surface area contributed by atoms with Crippen molar-refractivity contribution in [2.24, 2.45) is 0 Å². The number of thiol groups is 1. The molecule has 0 amide bonds. The first-order valence-electron chi connectivity index (χ1n) is 1.40. The summed E-state index contributed by atoms with van der Waals surface area (Å²) in [5, 5.41) is 16.1. The van der Waals surface area contributed by atoms with Crippen LogP contribution in [0.3, 0.4) is 0 Å². The van der Waals surface area contributed by atoms with E-state index in [0.29, 0.717) is 0 Å². The molecule has 0 saturated carbocycles. The molecule has 0 aromatic rings. The van der Waals surface area contributed by atoms with Crippen molar-refractivity contribution < 1.29 is 72.2 Å². The topological polar surface area (TPSA) is 40.5 Å². The molecule has 42 valence electrons. The van der Waals surface area contributed by atoms with Gasteiger partial charge in [0, 0.05) is 0 Å².